The summed E-state index contributed by atoms with van der Waals surface area (Å²) in [7, 11) is 0. The highest BCUT2D eigenvalue weighted by atomic mass is 16.7. The Bertz CT molecular complexity index is 716. The lowest BCUT2D eigenvalue weighted by molar-refractivity contribution is -0.300. The molecule has 8 nitrogen and oxygen atoms in total. The summed E-state index contributed by atoms with van der Waals surface area (Å²) in [4.78, 5) is 25.1. The van der Waals surface area contributed by atoms with Crippen molar-refractivity contribution in [3.63, 3.8) is 0 Å². The molecule has 5 atom stereocenters. The van der Waals surface area contributed by atoms with Crippen LogP contribution in [0.5, 0.6) is 0 Å². The Hall–Kier alpha value is -2.00. The highest BCUT2D eigenvalue weighted by molar-refractivity contribution is 5.73. The van der Waals surface area contributed by atoms with E-state index in [1.54, 1.807) is 0 Å². The molecular formula is C25H38O8. The van der Waals surface area contributed by atoms with Crippen LogP contribution in [0.3, 0.4) is 0 Å². The molecule has 8 heteroatoms. The average Bonchev–Trinajstić information content (AvgIpc) is 2.82. The third-order valence-electron chi connectivity index (χ3n) is 6.20. The van der Waals surface area contributed by atoms with Crippen molar-refractivity contribution < 1.29 is 38.7 Å². The van der Waals surface area contributed by atoms with Crippen LogP contribution >= 0.6 is 0 Å². The second kappa shape index (κ2) is 13.6. The van der Waals surface area contributed by atoms with Gasteiger partial charge in [0.15, 0.2) is 12.4 Å². The predicted octanol–water partition coefficient (Wildman–Crippen LogP) is 2.98. The molecule has 1 unspecified atom stereocenters. The molecule has 0 bridgehead atoms. The van der Waals surface area contributed by atoms with Crippen LogP contribution in [0.15, 0.2) is 30.3 Å². The van der Waals surface area contributed by atoms with Gasteiger partial charge in [0, 0.05) is 0 Å². The Balaban J connectivity index is 2.22. The maximum Gasteiger partial charge on any atom is 0.309 e. The second-order valence-corrected chi connectivity index (χ2v) is 8.38. The molecule has 2 rings (SSSR count). The quantitative estimate of drug-likeness (QED) is 0.452. The van der Waals surface area contributed by atoms with E-state index in [1.165, 1.54) is 0 Å². The highest BCUT2D eigenvalue weighted by Gasteiger charge is 2.48. The molecular weight excluding hydrogens is 428 g/mol. The summed E-state index contributed by atoms with van der Waals surface area (Å²) >= 11 is 0. The minimum absolute atomic E-state index is 0.160. The van der Waals surface area contributed by atoms with Gasteiger partial charge in [-0.2, -0.15) is 0 Å². The standard InChI is InChI=1S/C25H38O8/c1-5-17(6-2)23(27)31-15-19-21(30-14-16-12-10-9-11-13-16)22(20(26)25(29)32-19)33-24(28)18(7-3)8-4/h9-13,17-22,25-26,29H,5-8,14-15H2,1-4H3/t19-,20-,21-,22-,25?/m1/s1. The lowest BCUT2D eigenvalue weighted by Crippen LogP contribution is -2.61. The van der Waals surface area contributed by atoms with Crippen molar-refractivity contribution in [3.05, 3.63) is 35.9 Å². The van der Waals surface area contributed by atoms with E-state index >= 15 is 0 Å². The molecule has 186 valence electrons. The monoisotopic (exact) mass is 466 g/mol. The number of hydrogen-bond donors (Lipinski definition) is 2. The highest BCUT2D eigenvalue weighted by Crippen LogP contribution is 2.28. The van der Waals surface area contributed by atoms with Gasteiger partial charge in [-0.1, -0.05) is 58.0 Å². The van der Waals surface area contributed by atoms with Crippen molar-refractivity contribution in [3.8, 4) is 0 Å². The largest absolute Gasteiger partial charge is 0.463 e. The summed E-state index contributed by atoms with van der Waals surface area (Å²) < 4.78 is 22.7. The summed E-state index contributed by atoms with van der Waals surface area (Å²) in [6, 6.07) is 9.38. The Morgan fingerprint density at radius 1 is 0.909 bits per heavy atom. The van der Waals surface area contributed by atoms with Gasteiger partial charge in [0.05, 0.1) is 18.4 Å². The number of esters is 2. The Kier molecular flexibility index (Phi) is 11.3. The van der Waals surface area contributed by atoms with Crippen molar-refractivity contribution in [2.24, 2.45) is 11.8 Å². The molecule has 1 heterocycles. The van der Waals surface area contributed by atoms with Gasteiger partial charge < -0.3 is 29.2 Å². The van der Waals surface area contributed by atoms with Crippen molar-refractivity contribution in [1.82, 2.24) is 0 Å². The number of carbonyl (C=O) groups excluding carboxylic acids is 2. The van der Waals surface area contributed by atoms with E-state index < -0.39 is 36.7 Å². The van der Waals surface area contributed by atoms with Crippen molar-refractivity contribution in [2.75, 3.05) is 6.61 Å². The predicted molar refractivity (Wildman–Crippen MR) is 121 cm³/mol. The number of aliphatic hydroxyl groups excluding tert-OH is 2. The molecule has 0 spiro atoms. The topological polar surface area (TPSA) is 112 Å². The molecule has 2 N–H and O–H groups in total. The minimum atomic E-state index is -1.61. The van der Waals surface area contributed by atoms with Crippen LogP contribution < -0.4 is 0 Å². The fraction of sp³-hybridized carbons (Fsp3) is 0.680. The molecule has 0 radical (unpaired) electrons. The molecule has 0 saturated carbocycles. The lowest BCUT2D eigenvalue weighted by Gasteiger charge is -2.42. The van der Waals surface area contributed by atoms with E-state index in [0.717, 1.165) is 5.56 Å². The molecule has 1 aromatic carbocycles. The molecule has 0 aliphatic carbocycles. The van der Waals surface area contributed by atoms with Gasteiger partial charge >= 0.3 is 11.9 Å². The summed E-state index contributed by atoms with van der Waals surface area (Å²) in [5, 5.41) is 20.9. The number of ether oxygens (including phenoxy) is 4. The van der Waals surface area contributed by atoms with E-state index in [1.807, 2.05) is 58.0 Å². The van der Waals surface area contributed by atoms with Crippen LogP contribution in [0.25, 0.3) is 0 Å². The van der Waals surface area contributed by atoms with Crippen molar-refractivity contribution in [1.29, 1.82) is 0 Å². The van der Waals surface area contributed by atoms with E-state index in [2.05, 4.69) is 0 Å². The Morgan fingerprint density at radius 2 is 1.48 bits per heavy atom. The van der Waals surface area contributed by atoms with Crippen molar-refractivity contribution >= 4 is 11.9 Å². The lowest BCUT2D eigenvalue weighted by atomic mass is 9.97. The van der Waals surface area contributed by atoms with E-state index in [-0.39, 0.29) is 31.0 Å². The summed E-state index contributed by atoms with van der Waals surface area (Å²) in [6.45, 7) is 7.55. The number of benzene rings is 1. The fourth-order valence-corrected chi connectivity index (χ4v) is 3.90. The fourth-order valence-electron chi connectivity index (χ4n) is 3.90. The average molecular weight is 467 g/mol. The molecule has 1 fully saturated rings. The number of hydrogen-bond acceptors (Lipinski definition) is 8. The molecule has 1 aromatic rings. The van der Waals surface area contributed by atoms with Gasteiger partial charge in [0.25, 0.3) is 0 Å². The van der Waals surface area contributed by atoms with Crippen LogP contribution in [0.4, 0.5) is 0 Å². The zero-order chi connectivity index (χ0) is 24.4. The summed E-state index contributed by atoms with van der Waals surface area (Å²) in [6.07, 6.45) is -3.71. The first-order valence-electron chi connectivity index (χ1n) is 11.9. The molecule has 1 aliphatic heterocycles. The van der Waals surface area contributed by atoms with E-state index in [0.29, 0.717) is 25.7 Å². The van der Waals surface area contributed by atoms with E-state index in [9.17, 15) is 19.8 Å². The smallest absolute Gasteiger partial charge is 0.309 e. The molecule has 33 heavy (non-hydrogen) atoms. The van der Waals surface area contributed by atoms with Crippen LogP contribution in [0.1, 0.15) is 58.9 Å². The van der Waals surface area contributed by atoms with Gasteiger partial charge in [-0.05, 0) is 31.2 Å². The third kappa shape index (κ3) is 7.50. The van der Waals surface area contributed by atoms with Gasteiger partial charge in [0.2, 0.25) is 0 Å². The summed E-state index contributed by atoms with van der Waals surface area (Å²) in [5.74, 6) is -1.41. The summed E-state index contributed by atoms with van der Waals surface area (Å²) in [5.41, 5.74) is 0.871. The van der Waals surface area contributed by atoms with Crippen LogP contribution in [0, 0.1) is 11.8 Å². The first kappa shape index (κ1) is 27.2. The molecule has 0 aromatic heterocycles. The van der Waals surface area contributed by atoms with Gasteiger partial charge in [0.1, 0.15) is 24.9 Å². The SMILES string of the molecule is CCC(CC)C(=O)OC[C@H]1OC(O)[C@H](O)[C@@H](OC(=O)C(CC)CC)[C@@H]1OCc1ccccc1. The number of rotatable bonds is 12. The van der Waals surface area contributed by atoms with Crippen LogP contribution in [0.2, 0.25) is 0 Å². The zero-order valence-electron chi connectivity index (χ0n) is 20.0. The maximum atomic E-state index is 12.7. The van der Waals surface area contributed by atoms with Crippen LogP contribution in [-0.2, 0) is 35.1 Å². The van der Waals surface area contributed by atoms with Gasteiger partial charge in [-0.25, -0.2) is 0 Å². The Morgan fingerprint density at radius 3 is 2.06 bits per heavy atom. The second-order valence-electron chi connectivity index (χ2n) is 8.38. The van der Waals surface area contributed by atoms with Crippen LogP contribution in [-0.4, -0.2) is 59.5 Å². The normalized spacial score (nSPS) is 25.3. The number of aliphatic hydroxyl groups is 2. The first-order valence-corrected chi connectivity index (χ1v) is 11.9. The van der Waals surface area contributed by atoms with E-state index in [4.69, 9.17) is 18.9 Å². The number of carbonyl (C=O) groups is 2. The van der Waals surface area contributed by atoms with Crippen molar-refractivity contribution in [2.45, 2.75) is 90.7 Å². The van der Waals surface area contributed by atoms with Gasteiger partial charge in [-0.15, -0.1) is 0 Å². The molecule has 1 saturated heterocycles. The minimum Gasteiger partial charge on any atom is -0.463 e. The zero-order valence-corrected chi connectivity index (χ0v) is 20.0. The molecule has 1 aliphatic rings. The Labute approximate surface area is 196 Å². The third-order valence-corrected chi connectivity index (χ3v) is 6.20. The first-order chi connectivity index (χ1) is 15.9. The molecule has 0 amide bonds. The van der Waals surface area contributed by atoms with Gasteiger partial charge in [-0.3, -0.25) is 9.59 Å². The maximum absolute atomic E-state index is 12.7.